The fraction of sp³-hybridized carbons (Fsp3) is 0.118. The van der Waals surface area contributed by atoms with Gasteiger partial charge in [-0.1, -0.05) is 44.8 Å². The molecule has 0 aliphatic heterocycles. The molecular weight excluding hydrogens is 481 g/mol. The van der Waals surface area contributed by atoms with Gasteiger partial charge in [0.25, 0.3) is 0 Å². The second kappa shape index (κ2) is 8.46. The molecule has 0 radical (unpaired) electrons. The van der Waals surface area contributed by atoms with E-state index in [0.717, 1.165) is 22.2 Å². The molecule has 11 heteroatoms. The summed E-state index contributed by atoms with van der Waals surface area (Å²) in [7, 11) is 0. The SMILES string of the molecule is FC(F)(F)c1cc(NC(=S)NCc2nc(-c3cccc(Br)c3)no2)ccc1Cl. The average molecular weight is 492 g/mol. The predicted octanol–water partition coefficient (Wildman–Crippen LogP) is 5.66. The van der Waals surface area contributed by atoms with Crippen molar-refractivity contribution in [3.05, 3.63) is 63.4 Å². The zero-order valence-electron chi connectivity index (χ0n) is 13.8. The number of hydrogen-bond donors (Lipinski definition) is 2. The molecule has 5 nitrogen and oxygen atoms in total. The molecular formula is C17H11BrClF3N4OS. The monoisotopic (exact) mass is 490 g/mol. The molecule has 0 atom stereocenters. The van der Waals surface area contributed by atoms with Crippen molar-refractivity contribution in [3.8, 4) is 11.4 Å². The van der Waals surface area contributed by atoms with Crippen LogP contribution in [0.5, 0.6) is 0 Å². The summed E-state index contributed by atoms with van der Waals surface area (Å²) in [6, 6.07) is 10.8. The number of rotatable bonds is 4. The Hall–Kier alpha value is -2.17. The standard InChI is InChI=1S/C17H11BrClF3N4OS/c18-10-3-1-2-9(6-10)15-25-14(27-26-15)8-23-16(28)24-11-4-5-13(19)12(7-11)17(20,21)22/h1-7H,8H2,(H2,23,24,28). The molecule has 3 rings (SSSR count). The van der Waals surface area contributed by atoms with Crippen molar-refractivity contribution in [1.82, 2.24) is 15.5 Å². The Labute approximate surface area is 176 Å². The summed E-state index contributed by atoms with van der Waals surface area (Å²) < 4.78 is 44.8. The third kappa shape index (κ3) is 5.21. The summed E-state index contributed by atoms with van der Waals surface area (Å²) in [5, 5.41) is 9.06. The Kier molecular flexibility index (Phi) is 6.21. The first-order valence-electron chi connectivity index (χ1n) is 7.72. The van der Waals surface area contributed by atoms with Gasteiger partial charge in [0.1, 0.15) is 0 Å². The molecule has 1 heterocycles. The Balaban J connectivity index is 1.61. The largest absolute Gasteiger partial charge is 0.417 e. The predicted molar refractivity (Wildman–Crippen MR) is 107 cm³/mol. The minimum Gasteiger partial charge on any atom is -0.353 e. The Bertz CT molecular complexity index is 1010. The zero-order chi connectivity index (χ0) is 20.3. The first kappa shape index (κ1) is 20.6. The van der Waals surface area contributed by atoms with Gasteiger partial charge in [0.2, 0.25) is 11.7 Å². The maximum absolute atomic E-state index is 12.9. The quantitative estimate of drug-likeness (QED) is 0.459. The molecule has 0 saturated heterocycles. The molecule has 146 valence electrons. The van der Waals surface area contributed by atoms with E-state index in [-0.39, 0.29) is 28.3 Å². The molecule has 1 aromatic heterocycles. The minimum atomic E-state index is -4.56. The molecule has 0 spiro atoms. The van der Waals surface area contributed by atoms with Crippen molar-refractivity contribution in [3.63, 3.8) is 0 Å². The second-order valence-corrected chi connectivity index (χ2v) is 7.25. The van der Waals surface area contributed by atoms with Crippen molar-refractivity contribution in [2.75, 3.05) is 5.32 Å². The Morgan fingerprint density at radius 3 is 2.71 bits per heavy atom. The summed E-state index contributed by atoms with van der Waals surface area (Å²) in [5.74, 6) is 0.677. The summed E-state index contributed by atoms with van der Waals surface area (Å²) in [5.41, 5.74) is -0.0296. The van der Waals surface area contributed by atoms with E-state index in [1.807, 2.05) is 24.3 Å². The Morgan fingerprint density at radius 2 is 2.00 bits per heavy atom. The topological polar surface area (TPSA) is 63.0 Å². The number of thiocarbonyl (C=S) groups is 1. The van der Waals surface area contributed by atoms with Crippen LogP contribution in [-0.4, -0.2) is 15.3 Å². The van der Waals surface area contributed by atoms with E-state index in [0.29, 0.717) is 5.82 Å². The third-order valence-corrected chi connectivity index (χ3v) is 4.55. The number of aromatic nitrogens is 2. The Morgan fingerprint density at radius 1 is 1.21 bits per heavy atom. The molecule has 0 bridgehead atoms. The molecule has 0 saturated carbocycles. The van der Waals surface area contributed by atoms with Crippen LogP contribution in [0.25, 0.3) is 11.4 Å². The van der Waals surface area contributed by atoms with Crippen molar-refractivity contribution >= 4 is 50.5 Å². The highest BCUT2D eigenvalue weighted by molar-refractivity contribution is 9.10. The molecule has 3 aromatic rings. The molecule has 0 fully saturated rings. The van der Waals surface area contributed by atoms with Crippen LogP contribution in [0.2, 0.25) is 5.02 Å². The summed E-state index contributed by atoms with van der Waals surface area (Å²) >= 11 is 14.1. The van der Waals surface area contributed by atoms with Crippen molar-refractivity contribution in [1.29, 1.82) is 0 Å². The van der Waals surface area contributed by atoms with Crippen LogP contribution < -0.4 is 10.6 Å². The van der Waals surface area contributed by atoms with E-state index in [4.69, 9.17) is 28.3 Å². The lowest BCUT2D eigenvalue weighted by molar-refractivity contribution is -0.137. The first-order valence-corrected chi connectivity index (χ1v) is 9.30. The molecule has 0 aliphatic carbocycles. The van der Waals surface area contributed by atoms with Gasteiger partial charge in [0.05, 0.1) is 17.1 Å². The van der Waals surface area contributed by atoms with Gasteiger partial charge < -0.3 is 15.2 Å². The smallest absolute Gasteiger partial charge is 0.353 e. The minimum absolute atomic E-state index is 0.0950. The number of anilines is 1. The third-order valence-electron chi connectivity index (χ3n) is 3.48. The first-order chi connectivity index (χ1) is 13.2. The second-order valence-electron chi connectivity index (χ2n) is 5.52. The van der Waals surface area contributed by atoms with Crippen LogP contribution in [0.15, 0.2) is 51.5 Å². The molecule has 0 aliphatic rings. The summed E-state index contributed by atoms with van der Waals surface area (Å²) in [4.78, 5) is 4.24. The summed E-state index contributed by atoms with van der Waals surface area (Å²) in [6.45, 7) is 0.104. The maximum atomic E-state index is 12.9. The van der Waals surface area contributed by atoms with E-state index in [2.05, 4.69) is 36.7 Å². The van der Waals surface area contributed by atoms with E-state index in [9.17, 15) is 13.2 Å². The number of benzene rings is 2. The van der Waals surface area contributed by atoms with Crippen LogP contribution in [0.3, 0.4) is 0 Å². The van der Waals surface area contributed by atoms with Crippen molar-refractivity contribution < 1.29 is 17.7 Å². The lowest BCUT2D eigenvalue weighted by Crippen LogP contribution is -2.28. The highest BCUT2D eigenvalue weighted by Gasteiger charge is 2.33. The van der Waals surface area contributed by atoms with E-state index >= 15 is 0 Å². The van der Waals surface area contributed by atoms with E-state index in [1.54, 1.807) is 0 Å². The van der Waals surface area contributed by atoms with Gasteiger partial charge in [-0.3, -0.25) is 0 Å². The number of nitrogens with one attached hydrogen (secondary N) is 2. The van der Waals surface area contributed by atoms with Gasteiger partial charge in [-0.15, -0.1) is 0 Å². The van der Waals surface area contributed by atoms with E-state index < -0.39 is 11.7 Å². The number of hydrogen-bond acceptors (Lipinski definition) is 4. The van der Waals surface area contributed by atoms with Gasteiger partial charge in [-0.25, -0.2) is 0 Å². The number of nitrogens with zero attached hydrogens (tertiary/aromatic N) is 2. The van der Waals surface area contributed by atoms with Crippen molar-refractivity contribution in [2.24, 2.45) is 0 Å². The fourth-order valence-electron chi connectivity index (χ4n) is 2.22. The highest BCUT2D eigenvalue weighted by atomic mass is 79.9. The lowest BCUT2D eigenvalue weighted by atomic mass is 10.2. The van der Waals surface area contributed by atoms with Crippen LogP contribution in [0, 0.1) is 0 Å². The molecule has 2 N–H and O–H groups in total. The van der Waals surface area contributed by atoms with Crippen LogP contribution in [0.4, 0.5) is 18.9 Å². The van der Waals surface area contributed by atoms with Crippen LogP contribution in [0.1, 0.15) is 11.5 Å². The zero-order valence-corrected chi connectivity index (χ0v) is 17.0. The average Bonchev–Trinajstić information content (AvgIpc) is 3.10. The van der Waals surface area contributed by atoms with Crippen LogP contribution in [-0.2, 0) is 12.7 Å². The van der Waals surface area contributed by atoms with Gasteiger partial charge in [0, 0.05) is 15.7 Å². The molecule has 0 amide bonds. The molecule has 2 aromatic carbocycles. The molecule has 28 heavy (non-hydrogen) atoms. The maximum Gasteiger partial charge on any atom is 0.417 e. The van der Waals surface area contributed by atoms with E-state index in [1.165, 1.54) is 6.07 Å². The van der Waals surface area contributed by atoms with Gasteiger partial charge >= 0.3 is 6.18 Å². The van der Waals surface area contributed by atoms with Gasteiger partial charge in [0.15, 0.2) is 5.11 Å². The lowest BCUT2D eigenvalue weighted by Gasteiger charge is -2.13. The van der Waals surface area contributed by atoms with Crippen LogP contribution >= 0.6 is 39.7 Å². The van der Waals surface area contributed by atoms with Crippen molar-refractivity contribution in [2.45, 2.75) is 12.7 Å². The number of alkyl halides is 3. The van der Waals surface area contributed by atoms with Gasteiger partial charge in [-0.2, -0.15) is 18.2 Å². The number of halogens is 5. The highest BCUT2D eigenvalue weighted by Crippen LogP contribution is 2.36. The molecule has 0 unspecified atom stereocenters. The van der Waals surface area contributed by atoms with Gasteiger partial charge in [-0.05, 0) is 42.5 Å². The fourth-order valence-corrected chi connectivity index (χ4v) is 3.04. The normalized spacial score (nSPS) is 11.3. The summed E-state index contributed by atoms with van der Waals surface area (Å²) in [6.07, 6.45) is -4.56.